The quantitative estimate of drug-likeness (QED) is 0.809. The minimum Gasteiger partial charge on any atom is -0.490 e. The van der Waals surface area contributed by atoms with Crippen LogP contribution in [0.15, 0.2) is 35.0 Å². The summed E-state index contributed by atoms with van der Waals surface area (Å²) in [6.07, 6.45) is 3.38. The molecule has 114 valence electrons. The van der Waals surface area contributed by atoms with Crippen LogP contribution >= 0.6 is 0 Å². The molecule has 2 aromatic rings. The lowest BCUT2D eigenvalue weighted by Gasteiger charge is -2.14. The van der Waals surface area contributed by atoms with Crippen molar-refractivity contribution in [3.63, 3.8) is 0 Å². The van der Waals surface area contributed by atoms with Crippen molar-refractivity contribution in [1.82, 2.24) is 5.16 Å². The molecule has 2 N–H and O–H groups in total. The Kier molecular flexibility index (Phi) is 5.63. The first-order chi connectivity index (χ1) is 10.2. The number of nitrogens with two attached hydrogens (primary N) is 1. The van der Waals surface area contributed by atoms with Gasteiger partial charge in [-0.2, -0.15) is 0 Å². The van der Waals surface area contributed by atoms with E-state index in [9.17, 15) is 0 Å². The second-order valence-electron chi connectivity index (χ2n) is 4.85. The normalized spacial score (nSPS) is 12.1. The molecule has 0 bridgehead atoms. The van der Waals surface area contributed by atoms with Crippen LogP contribution < -0.4 is 15.2 Å². The second kappa shape index (κ2) is 7.69. The Balaban J connectivity index is 2.08. The summed E-state index contributed by atoms with van der Waals surface area (Å²) < 4.78 is 16.4. The zero-order valence-electron chi connectivity index (χ0n) is 12.5. The molecule has 5 nitrogen and oxygen atoms in total. The number of benzene rings is 1. The Hall–Kier alpha value is -2.01. The monoisotopic (exact) mass is 290 g/mol. The molecular weight excluding hydrogens is 268 g/mol. The Morgan fingerprint density at radius 2 is 2.05 bits per heavy atom. The van der Waals surface area contributed by atoms with E-state index in [2.05, 4.69) is 12.1 Å². The third kappa shape index (κ3) is 4.49. The van der Waals surface area contributed by atoms with Crippen LogP contribution in [0.1, 0.15) is 31.6 Å². The van der Waals surface area contributed by atoms with Crippen molar-refractivity contribution in [2.45, 2.75) is 39.3 Å². The summed E-state index contributed by atoms with van der Waals surface area (Å²) in [4.78, 5) is 0. The summed E-state index contributed by atoms with van der Waals surface area (Å²) in [5.74, 6) is 2.11. The second-order valence-corrected chi connectivity index (χ2v) is 4.85. The topological polar surface area (TPSA) is 70.5 Å². The molecule has 0 aliphatic heterocycles. The van der Waals surface area contributed by atoms with Crippen molar-refractivity contribution in [3.8, 4) is 11.5 Å². The minimum atomic E-state index is 0.167. The molecule has 0 aliphatic carbocycles. The van der Waals surface area contributed by atoms with Crippen molar-refractivity contribution in [1.29, 1.82) is 0 Å². The van der Waals surface area contributed by atoms with Crippen molar-refractivity contribution in [3.05, 3.63) is 41.8 Å². The highest BCUT2D eigenvalue weighted by molar-refractivity contribution is 5.43. The first-order valence-corrected chi connectivity index (χ1v) is 7.26. The number of nitrogens with zero attached hydrogens (tertiary/aromatic N) is 1. The smallest absolute Gasteiger partial charge is 0.174 e. The van der Waals surface area contributed by atoms with Gasteiger partial charge in [0.25, 0.3) is 0 Å². The number of hydrogen-bond acceptors (Lipinski definition) is 5. The van der Waals surface area contributed by atoms with Crippen molar-refractivity contribution >= 4 is 0 Å². The highest BCUT2D eigenvalue weighted by Crippen LogP contribution is 2.29. The summed E-state index contributed by atoms with van der Waals surface area (Å²) in [6.45, 7) is 4.95. The average Bonchev–Trinajstić information content (AvgIpc) is 3.00. The van der Waals surface area contributed by atoms with E-state index in [-0.39, 0.29) is 6.04 Å². The molecule has 1 atom stereocenters. The molecule has 0 radical (unpaired) electrons. The number of hydrogen-bond donors (Lipinski definition) is 1. The SMILES string of the molecule is CCOc1cc(CC(N)CC)ccc1OCc1ccno1. The zero-order chi connectivity index (χ0) is 15.1. The van der Waals surface area contributed by atoms with E-state index in [4.69, 9.17) is 19.7 Å². The fraction of sp³-hybridized carbons (Fsp3) is 0.438. The molecule has 5 heteroatoms. The Morgan fingerprint density at radius 1 is 1.19 bits per heavy atom. The van der Waals surface area contributed by atoms with Gasteiger partial charge in [-0.1, -0.05) is 18.1 Å². The maximum absolute atomic E-state index is 6.00. The van der Waals surface area contributed by atoms with Gasteiger partial charge in [-0.05, 0) is 37.5 Å². The molecule has 0 fully saturated rings. The van der Waals surface area contributed by atoms with Crippen LogP contribution in [0, 0.1) is 0 Å². The van der Waals surface area contributed by atoms with E-state index in [1.807, 2.05) is 25.1 Å². The van der Waals surface area contributed by atoms with Gasteiger partial charge in [0.2, 0.25) is 0 Å². The van der Waals surface area contributed by atoms with Crippen LogP contribution in [0.5, 0.6) is 11.5 Å². The Labute approximate surface area is 125 Å². The fourth-order valence-electron chi connectivity index (χ4n) is 1.98. The predicted octanol–water partition coefficient (Wildman–Crippen LogP) is 2.93. The third-order valence-electron chi connectivity index (χ3n) is 3.19. The number of aromatic nitrogens is 1. The molecule has 0 spiro atoms. The first kappa shape index (κ1) is 15.4. The van der Waals surface area contributed by atoms with Gasteiger partial charge in [0, 0.05) is 12.1 Å². The van der Waals surface area contributed by atoms with Crippen molar-refractivity contribution in [2.24, 2.45) is 5.73 Å². The zero-order valence-corrected chi connectivity index (χ0v) is 12.5. The standard InChI is InChI=1S/C16H22N2O3/c1-3-13(17)9-12-5-6-15(16(10-12)19-4-2)20-11-14-7-8-18-21-14/h5-8,10,13H,3-4,9,11,17H2,1-2H3. The van der Waals surface area contributed by atoms with Gasteiger partial charge in [-0.25, -0.2) is 0 Å². The van der Waals surface area contributed by atoms with Crippen LogP contribution in [0.25, 0.3) is 0 Å². The lowest BCUT2D eigenvalue weighted by molar-refractivity contribution is 0.233. The molecule has 0 aliphatic rings. The summed E-state index contributed by atoms with van der Waals surface area (Å²) in [7, 11) is 0. The first-order valence-electron chi connectivity index (χ1n) is 7.26. The molecule has 1 heterocycles. The molecule has 1 unspecified atom stereocenters. The number of rotatable bonds is 8. The van der Waals surface area contributed by atoms with Gasteiger partial charge in [0.1, 0.15) is 6.61 Å². The van der Waals surface area contributed by atoms with Crippen molar-refractivity contribution < 1.29 is 14.0 Å². The third-order valence-corrected chi connectivity index (χ3v) is 3.19. The van der Waals surface area contributed by atoms with E-state index in [1.165, 1.54) is 0 Å². The van der Waals surface area contributed by atoms with Gasteiger partial charge >= 0.3 is 0 Å². The van der Waals surface area contributed by atoms with E-state index in [0.717, 1.165) is 24.2 Å². The highest BCUT2D eigenvalue weighted by atomic mass is 16.5. The van der Waals surface area contributed by atoms with Gasteiger partial charge in [0.05, 0.1) is 12.8 Å². The van der Waals surface area contributed by atoms with Gasteiger partial charge < -0.3 is 19.7 Å². The van der Waals surface area contributed by atoms with Gasteiger partial charge in [-0.15, -0.1) is 0 Å². The van der Waals surface area contributed by atoms with Gasteiger partial charge in [-0.3, -0.25) is 0 Å². The molecule has 1 aromatic heterocycles. The van der Waals surface area contributed by atoms with Crippen LogP contribution in [0.3, 0.4) is 0 Å². The summed E-state index contributed by atoms with van der Waals surface area (Å²) in [5, 5.41) is 3.65. The van der Waals surface area contributed by atoms with Crippen molar-refractivity contribution in [2.75, 3.05) is 6.61 Å². The van der Waals surface area contributed by atoms with Crippen LogP contribution in [-0.2, 0) is 13.0 Å². The van der Waals surface area contributed by atoms with Crippen LogP contribution in [0.4, 0.5) is 0 Å². The molecule has 21 heavy (non-hydrogen) atoms. The van der Waals surface area contributed by atoms with E-state index < -0.39 is 0 Å². The largest absolute Gasteiger partial charge is 0.490 e. The lowest BCUT2D eigenvalue weighted by Crippen LogP contribution is -2.21. The summed E-state index contributed by atoms with van der Waals surface area (Å²) in [5.41, 5.74) is 7.15. The van der Waals surface area contributed by atoms with Gasteiger partial charge in [0.15, 0.2) is 17.3 Å². The molecule has 2 rings (SSSR count). The molecule has 0 amide bonds. The van der Waals surface area contributed by atoms with Crippen LogP contribution in [0.2, 0.25) is 0 Å². The van der Waals surface area contributed by atoms with E-state index >= 15 is 0 Å². The summed E-state index contributed by atoms with van der Waals surface area (Å²) >= 11 is 0. The lowest BCUT2D eigenvalue weighted by atomic mass is 10.0. The predicted molar refractivity (Wildman–Crippen MR) is 80.4 cm³/mol. The molecule has 1 aromatic carbocycles. The van der Waals surface area contributed by atoms with Crippen LogP contribution in [-0.4, -0.2) is 17.8 Å². The fourth-order valence-corrected chi connectivity index (χ4v) is 1.98. The average molecular weight is 290 g/mol. The minimum absolute atomic E-state index is 0.167. The number of ether oxygens (including phenoxy) is 2. The Bertz CT molecular complexity index is 540. The maximum atomic E-state index is 6.00. The molecule has 0 saturated heterocycles. The maximum Gasteiger partial charge on any atom is 0.174 e. The van der Waals surface area contributed by atoms with E-state index in [1.54, 1.807) is 12.3 Å². The highest BCUT2D eigenvalue weighted by Gasteiger charge is 2.10. The van der Waals surface area contributed by atoms with E-state index in [0.29, 0.717) is 24.7 Å². The Morgan fingerprint density at radius 3 is 2.71 bits per heavy atom. The molecule has 0 saturated carbocycles. The molecular formula is C16H22N2O3. The summed E-state index contributed by atoms with van der Waals surface area (Å²) in [6, 6.07) is 7.87.